The largest absolute Gasteiger partial charge is 0.450 e. The van der Waals surface area contributed by atoms with Gasteiger partial charge in [-0.25, -0.2) is 0 Å². The molecule has 0 aliphatic carbocycles. The van der Waals surface area contributed by atoms with Crippen LogP contribution in [-0.2, 0) is 17.5 Å². The molecular weight excluding hydrogens is 533 g/mol. The van der Waals surface area contributed by atoms with Crippen LogP contribution in [0, 0.1) is 10.1 Å². The third-order valence-electron chi connectivity index (χ3n) is 5.97. The zero-order valence-electron chi connectivity index (χ0n) is 19.8. The molecule has 0 N–H and O–H groups in total. The highest BCUT2D eigenvalue weighted by atomic mass is 32.2. The Morgan fingerprint density at radius 1 is 0.949 bits per heavy atom. The van der Waals surface area contributed by atoms with Crippen molar-refractivity contribution in [3.8, 4) is 11.5 Å². The second-order valence-corrected chi connectivity index (χ2v) is 9.51. The number of hydrogen-bond donors (Lipinski definition) is 0. The molecule has 1 saturated heterocycles. The number of rotatable bonds is 6. The van der Waals surface area contributed by atoms with E-state index in [1.165, 1.54) is 17.0 Å². The number of carbonyl (C=O) groups is 2. The standard InChI is InChI=1S/C28H17F3N2O5S/c29-28(30,31)20-10-13-24(23(15-20)33(36)37)38-21-11-8-17(9-12-21)14-25-26(34)32(27(35)39-25)16-19-6-3-5-18-4-1-2-7-22(18)19/h1-15H,16H2/b25-14+. The van der Waals surface area contributed by atoms with Gasteiger partial charge in [-0.3, -0.25) is 24.6 Å². The van der Waals surface area contributed by atoms with Gasteiger partial charge >= 0.3 is 11.9 Å². The first-order chi connectivity index (χ1) is 18.6. The van der Waals surface area contributed by atoms with Gasteiger partial charge in [-0.15, -0.1) is 0 Å². The molecule has 0 spiro atoms. The van der Waals surface area contributed by atoms with Gasteiger partial charge in [-0.05, 0) is 64.0 Å². The van der Waals surface area contributed by atoms with Crippen molar-refractivity contribution in [2.45, 2.75) is 12.7 Å². The molecule has 7 nitrogen and oxygen atoms in total. The number of alkyl halides is 3. The van der Waals surface area contributed by atoms with Crippen LogP contribution in [0.25, 0.3) is 16.8 Å². The van der Waals surface area contributed by atoms with Gasteiger partial charge in [0.2, 0.25) is 5.75 Å². The summed E-state index contributed by atoms with van der Waals surface area (Å²) in [5.41, 5.74) is -0.587. The predicted molar refractivity (Wildman–Crippen MR) is 140 cm³/mol. The normalized spacial score (nSPS) is 14.8. The molecule has 0 aromatic heterocycles. The molecule has 4 aromatic rings. The van der Waals surface area contributed by atoms with Crippen LogP contribution in [0.3, 0.4) is 0 Å². The summed E-state index contributed by atoms with van der Waals surface area (Å²) < 4.78 is 44.2. The minimum absolute atomic E-state index is 0.127. The van der Waals surface area contributed by atoms with E-state index >= 15 is 0 Å². The van der Waals surface area contributed by atoms with Gasteiger partial charge < -0.3 is 4.74 Å². The van der Waals surface area contributed by atoms with Crippen LogP contribution in [0.4, 0.5) is 23.7 Å². The van der Waals surface area contributed by atoms with E-state index in [2.05, 4.69) is 0 Å². The average molecular weight is 551 g/mol. The monoisotopic (exact) mass is 550 g/mol. The fourth-order valence-corrected chi connectivity index (χ4v) is 4.91. The molecule has 1 heterocycles. The van der Waals surface area contributed by atoms with Crippen molar-refractivity contribution >= 4 is 45.4 Å². The smallest absolute Gasteiger partial charge is 0.416 e. The first-order valence-electron chi connectivity index (χ1n) is 11.5. The number of ether oxygens (including phenoxy) is 1. The number of imide groups is 1. The molecule has 11 heteroatoms. The lowest BCUT2D eigenvalue weighted by Crippen LogP contribution is -2.27. The van der Waals surface area contributed by atoms with Crippen molar-refractivity contribution < 1.29 is 32.4 Å². The third-order valence-corrected chi connectivity index (χ3v) is 6.88. The highest BCUT2D eigenvalue weighted by Crippen LogP contribution is 2.38. The number of nitro benzene ring substituents is 1. The number of fused-ring (bicyclic) bond motifs is 1. The number of amides is 2. The highest BCUT2D eigenvalue weighted by Gasteiger charge is 2.35. The van der Waals surface area contributed by atoms with Crippen molar-refractivity contribution in [3.63, 3.8) is 0 Å². The van der Waals surface area contributed by atoms with Crippen LogP contribution in [-0.4, -0.2) is 21.0 Å². The number of hydrogen-bond acceptors (Lipinski definition) is 6. The van der Waals surface area contributed by atoms with Crippen LogP contribution >= 0.6 is 11.8 Å². The maximum atomic E-state index is 13.0. The lowest BCUT2D eigenvalue weighted by Gasteiger charge is -2.14. The Morgan fingerprint density at radius 2 is 1.67 bits per heavy atom. The Hall–Kier alpha value is -4.64. The van der Waals surface area contributed by atoms with E-state index in [-0.39, 0.29) is 22.9 Å². The first kappa shape index (κ1) is 26.0. The minimum Gasteiger partial charge on any atom is -0.450 e. The molecule has 0 atom stereocenters. The van der Waals surface area contributed by atoms with E-state index in [1.54, 1.807) is 18.2 Å². The zero-order chi connectivity index (χ0) is 27.7. The third kappa shape index (κ3) is 5.48. The van der Waals surface area contributed by atoms with Gasteiger partial charge in [0.05, 0.1) is 21.9 Å². The van der Waals surface area contributed by atoms with Crippen LogP contribution in [0.1, 0.15) is 16.7 Å². The Morgan fingerprint density at radius 3 is 2.38 bits per heavy atom. The summed E-state index contributed by atoms with van der Waals surface area (Å²) in [6.07, 6.45) is -3.20. The van der Waals surface area contributed by atoms with Crippen molar-refractivity contribution in [3.05, 3.63) is 117 Å². The van der Waals surface area contributed by atoms with E-state index in [0.717, 1.165) is 34.2 Å². The van der Waals surface area contributed by atoms with E-state index < -0.39 is 33.5 Å². The fraction of sp³-hybridized carbons (Fsp3) is 0.0714. The SMILES string of the molecule is O=C1S/C(=C/c2ccc(Oc3ccc(C(F)(F)F)cc3[N+](=O)[O-])cc2)C(=O)N1Cc1cccc2ccccc12. The number of halogens is 3. The van der Waals surface area contributed by atoms with Gasteiger partial charge in [0.25, 0.3) is 11.1 Å². The second kappa shape index (κ2) is 10.3. The molecule has 1 aliphatic rings. The summed E-state index contributed by atoms with van der Waals surface area (Å²) in [6, 6.07) is 21.4. The average Bonchev–Trinajstić information content (AvgIpc) is 3.16. The molecule has 4 aromatic carbocycles. The molecular formula is C28H17F3N2O5S. The van der Waals surface area contributed by atoms with Gasteiger partial charge in [0.15, 0.2) is 0 Å². The van der Waals surface area contributed by atoms with Crippen molar-refractivity contribution in [2.75, 3.05) is 0 Å². The maximum absolute atomic E-state index is 13.0. The molecule has 196 valence electrons. The van der Waals surface area contributed by atoms with Crippen LogP contribution in [0.5, 0.6) is 11.5 Å². The molecule has 0 unspecified atom stereocenters. The van der Waals surface area contributed by atoms with E-state index in [1.807, 2.05) is 42.5 Å². The van der Waals surface area contributed by atoms with Gasteiger partial charge in [0.1, 0.15) is 5.75 Å². The topological polar surface area (TPSA) is 89.7 Å². The Kier molecular flexibility index (Phi) is 6.83. The number of carbonyl (C=O) groups excluding carboxylic acids is 2. The molecule has 0 saturated carbocycles. The molecule has 0 radical (unpaired) electrons. The summed E-state index contributed by atoms with van der Waals surface area (Å²) in [7, 11) is 0. The lowest BCUT2D eigenvalue weighted by molar-refractivity contribution is -0.385. The van der Waals surface area contributed by atoms with Gasteiger partial charge in [0, 0.05) is 6.07 Å². The number of benzene rings is 4. The van der Waals surface area contributed by atoms with Crippen molar-refractivity contribution in [1.82, 2.24) is 4.90 Å². The van der Waals surface area contributed by atoms with Crippen LogP contribution in [0.15, 0.2) is 89.8 Å². The predicted octanol–water partition coefficient (Wildman–Crippen LogP) is 7.80. The van der Waals surface area contributed by atoms with Crippen LogP contribution < -0.4 is 4.74 Å². The fourth-order valence-electron chi connectivity index (χ4n) is 4.07. The molecule has 1 aliphatic heterocycles. The van der Waals surface area contributed by atoms with Crippen LogP contribution in [0.2, 0.25) is 0 Å². The molecule has 1 fully saturated rings. The number of thioether (sulfide) groups is 1. The minimum atomic E-state index is -4.74. The van der Waals surface area contributed by atoms with E-state index in [0.29, 0.717) is 17.7 Å². The summed E-state index contributed by atoms with van der Waals surface area (Å²) in [5.74, 6) is -0.645. The highest BCUT2D eigenvalue weighted by molar-refractivity contribution is 8.18. The zero-order valence-corrected chi connectivity index (χ0v) is 20.7. The lowest BCUT2D eigenvalue weighted by atomic mass is 10.0. The van der Waals surface area contributed by atoms with Gasteiger partial charge in [-0.2, -0.15) is 13.2 Å². The molecule has 39 heavy (non-hydrogen) atoms. The summed E-state index contributed by atoms with van der Waals surface area (Å²) in [6.45, 7) is 0.127. The Bertz CT molecular complexity index is 1650. The quantitative estimate of drug-likeness (QED) is 0.138. The summed E-state index contributed by atoms with van der Waals surface area (Å²) in [4.78, 5) is 37.4. The van der Waals surface area contributed by atoms with Gasteiger partial charge in [-0.1, -0.05) is 54.6 Å². The Balaban J connectivity index is 1.32. The molecule has 2 amide bonds. The molecule has 5 rings (SSSR count). The summed E-state index contributed by atoms with van der Waals surface area (Å²) >= 11 is 0.817. The summed E-state index contributed by atoms with van der Waals surface area (Å²) in [5, 5.41) is 12.8. The maximum Gasteiger partial charge on any atom is 0.416 e. The number of nitrogens with zero attached hydrogens (tertiary/aromatic N) is 2. The van der Waals surface area contributed by atoms with Crippen molar-refractivity contribution in [2.24, 2.45) is 0 Å². The second-order valence-electron chi connectivity index (χ2n) is 8.51. The Labute approximate surface area is 223 Å². The van der Waals surface area contributed by atoms with Crippen molar-refractivity contribution in [1.29, 1.82) is 0 Å². The van der Waals surface area contributed by atoms with E-state index in [4.69, 9.17) is 4.74 Å². The first-order valence-corrected chi connectivity index (χ1v) is 12.3. The van der Waals surface area contributed by atoms with E-state index in [9.17, 15) is 32.9 Å². The number of nitro groups is 1. The molecule has 0 bridgehead atoms.